The van der Waals surface area contributed by atoms with Gasteiger partial charge in [0.2, 0.25) is 0 Å². The molecule has 0 saturated heterocycles. The number of carboxylic acids is 1. The third-order valence-corrected chi connectivity index (χ3v) is 4.26. The number of aryl methyl sites for hydroxylation is 1. The first-order valence-corrected chi connectivity index (χ1v) is 7.57. The van der Waals surface area contributed by atoms with Crippen molar-refractivity contribution >= 4 is 49.4 Å². The SMILES string of the molecule is Cc1cc(C(=O)Nc2ccc(Br)cc2C(=O)O)ccc1Br. The van der Waals surface area contributed by atoms with E-state index in [0.717, 1.165) is 10.0 Å². The van der Waals surface area contributed by atoms with Crippen molar-refractivity contribution < 1.29 is 14.7 Å². The van der Waals surface area contributed by atoms with Gasteiger partial charge >= 0.3 is 5.97 Å². The van der Waals surface area contributed by atoms with Crippen LogP contribution in [0.4, 0.5) is 5.69 Å². The van der Waals surface area contributed by atoms with Crippen molar-refractivity contribution in [2.75, 3.05) is 5.32 Å². The zero-order valence-electron chi connectivity index (χ0n) is 11.0. The molecule has 0 bridgehead atoms. The summed E-state index contributed by atoms with van der Waals surface area (Å²) in [4.78, 5) is 23.4. The minimum Gasteiger partial charge on any atom is -0.478 e. The lowest BCUT2D eigenvalue weighted by molar-refractivity contribution is 0.0698. The fourth-order valence-corrected chi connectivity index (χ4v) is 2.39. The lowest BCUT2D eigenvalue weighted by atomic mass is 10.1. The Hall–Kier alpha value is -1.66. The van der Waals surface area contributed by atoms with E-state index in [2.05, 4.69) is 37.2 Å². The van der Waals surface area contributed by atoms with Crippen LogP contribution in [0.25, 0.3) is 0 Å². The number of nitrogens with one attached hydrogen (secondary N) is 1. The number of aromatic carboxylic acids is 1. The molecular weight excluding hydrogens is 402 g/mol. The molecule has 0 saturated carbocycles. The molecular formula is C15H11Br2NO3. The van der Waals surface area contributed by atoms with Crippen LogP contribution in [-0.4, -0.2) is 17.0 Å². The van der Waals surface area contributed by atoms with Gasteiger partial charge in [0.25, 0.3) is 5.91 Å². The first-order chi connectivity index (χ1) is 9.88. The minimum absolute atomic E-state index is 0.0339. The summed E-state index contributed by atoms with van der Waals surface area (Å²) in [5.41, 5.74) is 1.69. The summed E-state index contributed by atoms with van der Waals surface area (Å²) >= 11 is 6.58. The van der Waals surface area contributed by atoms with Crippen LogP contribution in [0.5, 0.6) is 0 Å². The summed E-state index contributed by atoms with van der Waals surface area (Å²) in [5, 5.41) is 11.8. The van der Waals surface area contributed by atoms with E-state index in [1.807, 2.05) is 6.92 Å². The molecule has 0 aliphatic heterocycles. The van der Waals surface area contributed by atoms with E-state index in [0.29, 0.717) is 10.0 Å². The van der Waals surface area contributed by atoms with Crippen LogP contribution in [0.15, 0.2) is 45.3 Å². The van der Waals surface area contributed by atoms with Crippen LogP contribution in [0.2, 0.25) is 0 Å². The highest BCUT2D eigenvalue weighted by Gasteiger charge is 2.14. The number of amides is 1. The Kier molecular flexibility index (Phi) is 4.80. The lowest BCUT2D eigenvalue weighted by Crippen LogP contribution is -2.15. The van der Waals surface area contributed by atoms with Crippen molar-refractivity contribution in [3.63, 3.8) is 0 Å². The maximum atomic E-state index is 12.2. The normalized spacial score (nSPS) is 10.2. The number of halogens is 2. The van der Waals surface area contributed by atoms with Gasteiger partial charge in [-0.1, -0.05) is 31.9 Å². The van der Waals surface area contributed by atoms with Gasteiger partial charge in [0.1, 0.15) is 0 Å². The Morgan fingerprint density at radius 3 is 2.43 bits per heavy atom. The Balaban J connectivity index is 2.31. The predicted molar refractivity (Wildman–Crippen MR) is 87.9 cm³/mol. The fourth-order valence-electron chi connectivity index (χ4n) is 1.78. The van der Waals surface area contributed by atoms with Gasteiger partial charge in [0.15, 0.2) is 0 Å². The highest BCUT2D eigenvalue weighted by molar-refractivity contribution is 9.10. The van der Waals surface area contributed by atoms with Crippen LogP contribution in [-0.2, 0) is 0 Å². The molecule has 4 nitrogen and oxygen atoms in total. The van der Waals surface area contributed by atoms with Crippen molar-refractivity contribution in [2.45, 2.75) is 6.92 Å². The summed E-state index contributed by atoms with van der Waals surface area (Å²) in [7, 11) is 0. The number of hydrogen-bond donors (Lipinski definition) is 2. The Morgan fingerprint density at radius 1 is 1.10 bits per heavy atom. The third-order valence-electron chi connectivity index (χ3n) is 2.88. The van der Waals surface area contributed by atoms with Gasteiger partial charge in [-0.25, -0.2) is 4.79 Å². The van der Waals surface area contributed by atoms with Gasteiger partial charge in [-0.3, -0.25) is 4.79 Å². The highest BCUT2D eigenvalue weighted by Crippen LogP contribution is 2.23. The second-order valence-electron chi connectivity index (χ2n) is 4.41. The van der Waals surface area contributed by atoms with Gasteiger partial charge in [-0.05, 0) is 48.9 Å². The molecule has 2 aromatic carbocycles. The molecule has 2 N–H and O–H groups in total. The number of anilines is 1. The average Bonchev–Trinajstić information content (AvgIpc) is 2.43. The van der Waals surface area contributed by atoms with E-state index in [9.17, 15) is 14.7 Å². The molecule has 6 heteroatoms. The van der Waals surface area contributed by atoms with E-state index in [-0.39, 0.29) is 17.2 Å². The van der Waals surface area contributed by atoms with Crippen molar-refractivity contribution in [3.05, 3.63) is 62.0 Å². The number of benzene rings is 2. The number of rotatable bonds is 3. The van der Waals surface area contributed by atoms with Crippen molar-refractivity contribution in [3.8, 4) is 0 Å². The van der Waals surface area contributed by atoms with Crippen LogP contribution >= 0.6 is 31.9 Å². The van der Waals surface area contributed by atoms with Crippen LogP contribution in [0.1, 0.15) is 26.3 Å². The highest BCUT2D eigenvalue weighted by atomic mass is 79.9. The van der Waals surface area contributed by atoms with Gasteiger partial charge in [-0.15, -0.1) is 0 Å². The Morgan fingerprint density at radius 2 is 1.81 bits per heavy atom. The standard InChI is InChI=1S/C15H11Br2NO3/c1-8-6-9(2-4-12(8)17)14(19)18-13-5-3-10(16)7-11(13)15(20)21/h2-7H,1H3,(H,18,19)(H,20,21). The van der Waals surface area contributed by atoms with Gasteiger partial charge < -0.3 is 10.4 Å². The quantitative estimate of drug-likeness (QED) is 0.781. The fraction of sp³-hybridized carbons (Fsp3) is 0.0667. The van der Waals surface area contributed by atoms with E-state index in [1.54, 1.807) is 30.3 Å². The predicted octanol–water partition coefficient (Wildman–Crippen LogP) is 4.47. The van der Waals surface area contributed by atoms with Crippen molar-refractivity contribution in [1.29, 1.82) is 0 Å². The van der Waals surface area contributed by atoms with Crippen LogP contribution in [0.3, 0.4) is 0 Å². The molecule has 0 unspecified atom stereocenters. The first kappa shape index (κ1) is 15.7. The van der Waals surface area contributed by atoms with Gasteiger partial charge in [0, 0.05) is 14.5 Å². The van der Waals surface area contributed by atoms with Crippen molar-refractivity contribution in [2.24, 2.45) is 0 Å². The maximum Gasteiger partial charge on any atom is 0.337 e. The summed E-state index contributed by atoms with van der Waals surface area (Å²) in [5.74, 6) is -1.45. The molecule has 0 radical (unpaired) electrons. The zero-order valence-corrected chi connectivity index (χ0v) is 14.2. The van der Waals surface area contributed by atoms with Crippen LogP contribution < -0.4 is 5.32 Å². The van der Waals surface area contributed by atoms with Gasteiger partial charge in [-0.2, -0.15) is 0 Å². The second-order valence-corrected chi connectivity index (χ2v) is 6.18. The molecule has 2 rings (SSSR count). The van der Waals surface area contributed by atoms with Crippen LogP contribution in [0, 0.1) is 6.92 Å². The zero-order chi connectivity index (χ0) is 15.6. The lowest BCUT2D eigenvalue weighted by Gasteiger charge is -2.10. The monoisotopic (exact) mass is 411 g/mol. The minimum atomic E-state index is -1.10. The van der Waals surface area contributed by atoms with Gasteiger partial charge in [0.05, 0.1) is 11.3 Å². The maximum absolute atomic E-state index is 12.2. The number of carboxylic acid groups (broad SMARTS) is 1. The average molecular weight is 413 g/mol. The van der Waals surface area contributed by atoms with E-state index in [4.69, 9.17) is 0 Å². The van der Waals surface area contributed by atoms with E-state index in [1.165, 1.54) is 6.07 Å². The molecule has 0 aliphatic carbocycles. The first-order valence-electron chi connectivity index (χ1n) is 5.99. The molecule has 0 heterocycles. The molecule has 0 aromatic heterocycles. The summed E-state index contributed by atoms with van der Waals surface area (Å²) in [6, 6.07) is 9.87. The number of carbonyl (C=O) groups excluding carboxylic acids is 1. The third kappa shape index (κ3) is 3.71. The molecule has 1 amide bonds. The molecule has 2 aromatic rings. The Labute approximate surface area is 138 Å². The molecule has 108 valence electrons. The number of hydrogen-bond acceptors (Lipinski definition) is 2. The molecule has 21 heavy (non-hydrogen) atoms. The topological polar surface area (TPSA) is 66.4 Å². The molecule has 0 aliphatic rings. The Bertz CT molecular complexity index is 729. The van der Waals surface area contributed by atoms with E-state index >= 15 is 0 Å². The van der Waals surface area contributed by atoms with Crippen molar-refractivity contribution in [1.82, 2.24) is 0 Å². The second kappa shape index (κ2) is 6.41. The molecule has 0 atom stereocenters. The number of carbonyl (C=O) groups is 2. The summed E-state index contributed by atoms with van der Waals surface area (Å²) < 4.78 is 1.55. The van der Waals surface area contributed by atoms with E-state index < -0.39 is 5.97 Å². The summed E-state index contributed by atoms with van der Waals surface area (Å²) in [6.45, 7) is 1.88. The molecule has 0 fully saturated rings. The smallest absolute Gasteiger partial charge is 0.337 e. The largest absolute Gasteiger partial charge is 0.478 e. The summed E-state index contributed by atoms with van der Waals surface area (Å²) in [6.07, 6.45) is 0. The molecule has 0 spiro atoms.